The van der Waals surface area contributed by atoms with Crippen LogP contribution in [0.1, 0.15) is 26.2 Å². The second kappa shape index (κ2) is 9.10. The van der Waals surface area contributed by atoms with Crippen LogP contribution in [0.2, 0.25) is 0 Å². The highest BCUT2D eigenvalue weighted by molar-refractivity contribution is 5.76. The molecule has 0 aromatic heterocycles. The third-order valence-corrected chi connectivity index (χ3v) is 1.94. The Kier molecular flexibility index (Phi) is 8.45. The van der Waals surface area contributed by atoms with Gasteiger partial charge in [-0.1, -0.05) is 6.92 Å². The first kappa shape index (κ1) is 14.8. The van der Waals surface area contributed by atoms with Gasteiger partial charge >= 0.3 is 0 Å². The van der Waals surface area contributed by atoms with Gasteiger partial charge < -0.3 is 10.1 Å². The van der Waals surface area contributed by atoms with Crippen molar-refractivity contribution in [3.8, 4) is 12.3 Å². The molecule has 5 heteroatoms. The van der Waals surface area contributed by atoms with Crippen molar-refractivity contribution >= 4 is 5.91 Å². The summed E-state index contributed by atoms with van der Waals surface area (Å²) < 4.78 is 27.9. The van der Waals surface area contributed by atoms with E-state index in [0.29, 0.717) is 6.42 Å². The molecule has 0 bridgehead atoms. The van der Waals surface area contributed by atoms with Crippen LogP contribution < -0.4 is 5.32 Å². The molecule has 0 heterocycles. The molecule has 16 heavy (non-hydrogen) atoms. The number of ether oxygens (including phenoxy) is 1. The standard InChI is InChI=1S/C11H17F2NO2/c1-3-5-9(4-2)14-11(15)6-7-16-8-10(12)13/h1,9-10H,4-8H2,2H3,(H,14,15). The average molecular weight is 233 g/mol. The molecule has 0 aliphatic carbocycles. The zero-order chi connectivity index (χ0) is 12.4. The van der Waals surface area contributed by atoms with Gasteiger partial charge in [-0.15, -0.1) is 12.3 Å². The molecule has 0 aliphatic heterocycles. The average Bonchev–Trinajstić information content (AvgIpc) is 2.23. The Morgan fingerprint density at radius 3 is 2.75 bits per heavy atom. The summed E-state index contributed by atoms with van der Waals surface area (Å²) in [6.07, 6.45) is 3.93. The Morgan fingerprint density at radius 1 is 1.56 bits per heavy atom. The van der Waals surface area contributed by atoms with Gasteiger partial charge in [0.1, 0.15) is 6.61 Å². The molecule has 0 fully saturated rings. The van der Waals surface area contributed by atoms with Crippen LogP contribution in [0.3, 0.4) is 0 Å². The van der Waals surface area contributed by atoms with Crippen molar-refractivity contribution in [3.63, 3.8) is 0 Å². The molecule has 3 nitrogen and oxygen atoms in total. The third kappa shape index (κ3) is 8.18. The number of carbonyl (C=O) groups is 1. The van der Waals surface area contributed by atoms with Crippen molar-refractivity contribution in [2.45, 2.75) is 38.7 Å². The number of alkyl halides is 2. The van der Waals surface area contributed by atoms with Crippen molar-refractivity contribution < 1.29 is 18.3 Å². The van der Waals surface area contributed by atoms with Crippen LogP contribution in [-0.2, 0) is 9.53 Å². The first-order valence-electron chi connectivity index (χ1n) is 5.18. The van der Waals surface area contributed by atoms with Gasteiger partial charge in [0.05, 0.1) is 6.61 Å². The van der Waals surface area contributed by atoms with E-state index in [1.165, 1.54) is 0 Å². The zero-order valence-electron chi connectivity index (χ0n) is 9.34. The highest BCUT2D eigenvalue weighted by Gasteiger charge is 2.09. The van der Waals surface area contributed by atoms with Crippen LogP contribution in [0.5, 0.6) is 0 Å². The van der Waals surface area contributed by atoms with E-state index in [2.05, 4.69) is 16.0 Å². The molecule has 0 saturated heterocycles. The molecule has 0 rings (SSSR count). The second-order valence-electron chi connectivity index (χ2n) is 3.30. The van der Waals surface area contributed by atoms with E-state index < -0.39 is 13.0 Å². The van der Waals surface area contributed by atoms with Gasteiger partial charge in [0.2, 0.25) is 5.91 Å². The van der Waals surface area contributed by atoms with Crippen LogP contribution in [0.25, 0.3) is 0 Å². The first-order valence-corrected chi connectivity index (χ1v) is 5.18. The molecule has 0 aromatic rings. The summed E-state index contributed by atoms with van der Waals surface area (Å²) >= 11 is 0. The van der Waals surface area contributed by atoms with Crippen LogP contribution in [0.15, 0.2) is 0 Å². The lowest BCUT2D eigenvalue weighted by Crippen LogP contribution is -2.34. The van der Waals surface area contributed by atoms with Crippen LogP contribution in [0, 0.1) is 12.3 Å². The lowest BCUT2D eigenvalue weighted by molar-refractivity contribution is -0.123. The Morgan fingerprint density at radius 2 is 2.25 bits per heavy atom. The molecule has 1 N–H and O–H groups in total. The minimum absolute atomic E-state index is 0.00264. The predicted octanol–water partition coefficient (Wildman–Crippen LogP) is 1.58. The van der Waals surface area contributed by atoms with E-state index >= 15 is 0 Å². The number of terminal acetylenes is 1. The summed E-state index contributed by atoms with van der Waals surface area (Å²) in [6.45, 7) is 1.28. The maximum atomic E-state index is 11.7. The van der Waals surface area contributed by atoms with Gasteiger partial charge in [-0.25, -0.2) is 8.78 Å². The van der Waals surface area contributed by atoms with E-state index in [0.717, 1.165) is 6.42 Å². The molecule has 0 spiro atoms. The molecule has 92 valence electrons. The molecule has 0 saturated carbocycles. The van der Waals surface area contributed by atoms with E-state index in [-0.39, 0.29) is 25.0 Å². The Bertz CT molecular complexity index is 239. The zero-order valence-corrected chi connectivity index (χ0v) is 9.34. The van der Waals surface area contributed by atoms with Crippen LogP contribution >= 0.6 is 0 Å². The van der Waals surface area contributed by atoms with E-state index in [9.17, 15) is 13.6 Å². The Labute approximate surface area is 94.5 Å². The SMILES string of the molecule is C#CCC(CC)NC(=O)CCOCC(F)F. The van der Waals surface area contributed by atoms with Crippen LogP contribution in [-0.4, -0.2) is 31.6 Å². The van der Waals surface area contributed by atoms with Gasteiger partial charge in [-0.2, -0.15) is 0 Å². The summed E-state index contributed by atoms with van der Waals surface area (Å²) in [5, 5.41) is 2.71. The number of amides is 1. The monoisotopic (exact) mass is 233 g/mol. The number of carbonyl (C=O) groups excluding carboxylic acids is 1. The van der Waals surface area contributed by atoms with Crippen LogP contribution in [0.4, 0.5) is 8.78 Å². The van der Waals surface area contributed by atoms with Crippen molar-refractivity contribution in [2.75, 3.05) is 13.2 Å². The van der Waals surface area contributed by atoms with E-state index in [4.69, 9.17) is 6.42 Å². The van der Waals surface area contributed by atoms with E-state index in [1.807, 2.05) is 6.92 Å². The minimum Gasteiger partial charge on any atom is -0.375 e. The second-order valence-corrected chi connectivity index (χ2v) is 3.30. The van der Waals surface area contributed by atoms with Gasteiger partial charge in [-0.3, -0.25) is 4.79 Å². The normalized spacial score (nSPS) is 12.2. The summed E-state index contributed by atoms with van der Waals surface area (Å²) in [5.74, 6) is 2.24. The van der Waals surface area contributed by atoms with Crippen molar-refractivity contribution in [1.82, 2.24) is 5.32 Å². The number of nitrogens with one attached hydrogen (secondary N) is 1. The van der Waals surface area contributed by atoms with E-state index in [1.54, 1.807) is 0 Å². The van der Waals surface area contributed by atoms with Crippen molar-refractivity contribution in [1.29, 1.82) is 0 Å². The molecule has 1 atom stereocenters. The maximum Gasteiger partial charge on any atom is 0.261 e. The molecule has 0 aromatic carbocycles. The topological polar surface area (TPSA) is 38.3 Å². The number of hydrogen-bond acceptors (Lipinski definition) is 2. The van der Waals surface area contributed by atoms with Gasteiger partial charge in [0, 0.05) is 18.9 Å². The highest BCUT2D eigenvalue weighted by Crippen LogP contribution is 1.98. The minimum atomic E-state index is -2.49. The lowest BCUT2D eigenvalue weighted by Gasteiger charge is -2.14. The number of halogens is 2. The van der Waals surface area contributed by atoms with Crippen molar-refractivity contribution in [3.05, 3.63) is 0 Å². The summed E-state index contributed by atoms with van der Waals surface area (Å²) in [6, 6.07) is -0.0485. The molecule has 1 amide bonds. The summed E-state index contributed by atoms with van der Waals surface area (Å²) in [7, 11) is 0. The third-order valence-electron chi connectivity index (χ3n) is 1.94. The molecule has 1 unspecified atom stereocenters. The van der Waals surface area contributed by atoms with Crippen molar-refractivity contribution in [2.24, 2.45) is 0 Å². The largest absolute Gasteiger partial charge is 0.375 e. The molecular weight excluding hydrogens is 216 g/mol. The van der Waals surface area contributed by atoms with Gasteiger partial charge in [0.15, 0.2) is 0 Å². The first-order chi connectivity index (χ1) is 7.60. The van der Waals surface area contributed by atoms with Gasteiger partial charge in [-0.05, 0) is 6.42 Å². The molecular formula is C11H17F2NO2. The smallest absolute Gasteiger partial charge is 0.261 e. The number of rotatable bonds is 8. The predicted molar refractivity (Wildman–Crippen MR) is 57.1 cm³/mol. The molecule has 0 radical (unpaired) electrons. The Balaban J connectivity index is 3.61. The number of hydrogen-bond donors (Lipinski definition) is 1. The lowest BCUT2D eigenvalue weighted by atomic mass is 10.1. The quantitative estimate of drug-likeness (QED) is 0.510. The highest BCUT2D eigenvalue weighted by atomic mass is 19.3. The van der Waals surface area contributed by atoms with Gasteiger partial charge in [0.25, 0.3) is 6.43 Å². The Hall–Kier alpha value is -1.15. The fourth-order valence-electron chi connectivity index (χ4n) is 1.08. The summed E-state index contributed by atoms with van der Waals surface area (Å²) in [4.78, 5) is 11.3. The summed E-state index contributed by atoms with van der Waals surface area (Å²) in [5.41, 5.74) is 0. The fourth-order valence-corrected chi connectivity index (χ4v) is 1.08. The molecule has 0 aliphatic rings. The fraction of sp³-hybridized carbons (Fsp3) is 0.727. The maximum absolute atomic E-state index is 11.7.